The number of fused-ring (bicyclic) bond motifs is 2. The molecule has 39 heavy (non-hydrogen) atoms. The van der Waals surface area contributed by atoms with Crippen molar-refractivity contribution < 1.29 is 15.0 Å². The minimum absolute atomic E-state index is 0.0280. The second-order valence-corrected chi connectivity index (χ2v) is 11.4. The normalized spacial score (nSPS) is 21.8. The number of hydrogen-bond donors (Lipinski definition) is 5. The number of nitrogens with zero attached hydrogens (tertiary/aromatic N) is 4. The third-order valence-corrected chi connectivity index (χ3v) is 8.19. The number of β-amino-alcohol motifs (C(OH)–C–C–N with tert-alkyl or cyclic N) is 1. The lowest BCUT2D eigenvalue weighted by atomic mass is 9.83. The van der Waals surface area contributed by atoms with Crippen LogP contribution in [-0.2, 0) is 4.79 Å². The number of thioether (sulfide) groups is 1. The van der Waals surface area contributed by atoms with E-state index in [0.717, 1.165) is 53.0 Å². The molecule has 204 valence electrons. The number of imidazole rings is 1. The van der Waals surface area contributed by atoms with Gasteiger partial charge in [0.15, 0.2) is 16.0 Å². The summed E-state index contributed by atoms with van der Waals surface area (Å²) in [5.41, 5.74) is 4.17. The van der Waals surface area contributed by atoms with Crippen molar-refractivity contribution in [2.24, 2.45) is 0 Å². The lowest BCUT2D eigenvalue weighted by Crippen LogP contribution is -2.47. The number of aromatic amines is 2. The fourth-order valence-electron chi connectivity index (χ4n) is 5.71. The summed E-state index contributed by atoms with van der Waals surface area (Å²) in [4.78, 5) is 25.4. The van der Waals surface area contributed by atoms with E-state index in [4.69, 9.17) is 0 Å². The van der Waals surface area contributed by atoms with E-state index in [2.05, 4.69) is 30.4 Å². The van der Waals surface area contributed by atoms with E-state index in [1.54, 1.807) is 18.3 Å². The van der Waals surface area contributed by atoms with Crippen LogP contribution in [0.4, 0.5) is 5.82 Å². The number of rotatable bonds is 8. The van der Waals surface area contributed by atoms with Gasteiger partial charge in [-0.05, 0) is 55.9 Å². The molecule has 0 aliphatic carbocycles. The van der Waals surface area contributed by atoms with E-state index < -0.39 is 6.10 Å². The number of aliphatic hydroxyl groups is 2. The Bertz CT molecular complexity index is 1400. The molecule has 5 N–H and O–H groups in total. The maximum atomic E-state index is 13.4. The number of hydrogen-bond acceptors (Lipinski definition) is 9. The fourth-order valence-corrected chi connectivity index (χ4v) is 6.36. The molecule has 2 atom stereocenters. The van der Waals surface area contributed by atoms with Gasteiger partial charge in [-0.15, -0.1) is 0 Å². The predicted molar refractivity (Wildman–Crippen MR) is 152 cm³/mol. The van der Waals surface area contributed by atoms with Gasteiger partial charge in [0.2, 0.25) is 0 Å². The first-order valence-corrected chi connectivity index (χ1v) is 14.2. The van der Waals surface area contributed by atoms with Gasteiger partial charge in [-0.25, -0.2) is 4.98 Å². The molecule has 5 heterocycles. The van der Waals surface area contributed by atoms with Gasteiger partial charge in [0.05, 0.1) is 29.9 Å². The Hall–Kier alpha value is -3.38. The van der Waals surface area contributed by atoms with E-state index in [-0.39, 0.29) is 23.3 Å². The number of carbonyl (C=O) groups excluding carboxylic acids is 1. The summed E-state index contributed by atoms with van der Waals surface area (Å²) in [6.07, 6.45) is 10.1. The lowest BCUT2D eigenvalue weighted by Gasteiger charge is -2.37. The zero-order valence-corrected chi connectivity index (χ0v) is 22.5. The van der Waals surface area contributed by atoms with E-state index in [1.165, 1.54) is 19.3 Å². The molecule has 0 radical (unpaired) electrons. The number of piperidine rings is 1. The second-order valence-electron chi connectivity index (χ2n) is 10.4. The van der Waals surface area contributed by atoms with Gasteiger partial charge in [-0.1, -0.05) is 30.7 Å². The topological polar surface area (TPSA) is 133 Å². The van der Waals surface area contributed by atoms with Crippen LogP contribution in [0.3, 0.4) is 0 Å². The van der Waals surface area contributed by atoms with Crippen LogP contribution in [-0.4, -0.2) is 91.3 Å². The Morgan fingerprint density at radius 2 is 1.97 bits per heavy atom. The Morgan fingerprint density at radius 1 is 1.15 bits per heavy atom. The number of para-hydroxylation sites is 2. The largest absolute Gasteiger partial charge is 0.502 e. The average Bonchev–Trinajstić information content (AvgIpc) is 3.55. The average molecular weight is 548 g/mol. The summed E-state index contributed by atoms with van der Waals surface area (Å²) in [6, 6.07) is 7.71. The smallest absolute Gasteiger partial charge is 0.175 e. The molecule has 3 aliphatic rings. The highest BCUT2D eigenvalue weighted by Crippen LogP contribution is 2.39. The van der Waals surface area contributed by atoms with E-state index in [9.17, 15) is 15.0 Å². The number of benzene rings is 1. The summed E-state index contributed by atoms with van der Waals surface area (Å²) >= 11 is 1.14. The summed E-state index contributed by atoms with van der Waals surface area (Å²) in [5, 5.41) is 32.5. The van der Waals surface area contributed by atoms with E-state index in [1.807, 2.05) is 35.2 Å². The molecule has 0 amide bonds. The van der Waals surface area contributed by atoms with Gasteiger partial charge in [0.25, 0.3) is 0 Å². The molecule has 3 aliphatic heterocycles. The molecule has 6 rings (SSSR count). The number of likely N-dealkylation sites (tertiary alicyclic amines) is 1. The number of H-pyrrole nitrogens is 2. The molecule has 2 aromatic heterocycles. The maximum Gasteiger partial charge on any atom is 0.175 e. The molecule has 10 nitrogen and oxygen atoms in total. The van der Waals surface area contributed by atoms with Crippen molar-refractivity contribution in [3.63, 3.8) is 0 Å². The van der Waals surface area contributed by atoms with Crippen molar-refractivity contribution in [3.05, 3.63) is 70.6 Å². The standard InChI is InChI=1S/C28H33N7O3S/c36-18(14-34-11-4-1-5-12-34)15-35-16-23-26(24(37)17-35)19(20-13-29-33-27(20)30-23)7-6-10-25(38)39-28-31-21-8-2-3-9-22(21)32-28/h2-3,6-10,13,18-19,36,38H,1,4-5,11-12,14-17H2,(H,31,32)(H2,29,30,33)/b7-6+,25-10+. The number of carbonyl (C=O) groups is 1. The number of allylic oxidation sites excluding steroid dienone is 3. The SMILES string of the molecule is O=C1CN(CC(O)CN2CCCCC2)CC2=C1C(/C=C/C=C(\O)Sc1nc3ccccc3[nH]1)c1cn[nH]c1N2. The molecule has 2 unspecified atom stereocenters. The van der Waals surface area contributed by atoms with Crippen LogP contribution in [0.5, 0.6) is 0 Å². The van der Waals surface area contributed by atoms with Crippen LogP contribution in [0.2, 0.25) is 0 Å². The van der Waals surface area contributed by atoms with E-state index >= 15 is 0 Å². The van der Waals surface area contributed by atoms with Crippen LogP contribution in [0, 0.1) is 0 Å². The van der Waals surface area contributed by atoms with Crippen molar-refractivity contribution in [1.82, 2.24) is 30.0 Å². The van der Waals surface area contributed by atoms with Gasteiger partial charge in [-0.2, -0.15) is 5.10 Å². The number of aromatic nitrogens is 4. The minimum atomic E-state index is -0.502. The highest BCUT2D eigenvalue weighted by Gasteiger charge is 2.36. The highest BCUT2D eigenvalue weighted by molar-refractivity contribution is 8.02. The lowest BCUT2D eigenvalue weighted by molar-refractivity contribution is -0.117. The van der Waals surface area contributed by atoms with Crippen molar-refractivity contribution >= 4 is 34.4 Å². The molecule has 0 saturated carbocycles. The quantitative estimate of drug-likeness (QED) is 0.163. The molecular weight excluding hydrogens is 514 g/mol. The molecule has 1 fully saturated rings. The van der Waals surface area contributed by atoms with Crippen LogP contribution < -0.4 is 5.32 Å². The van der Waals surface area contributed by atoms with Gasteiger partial charge in [0, 0.05) is 42.4 Å². The van der Waals surface area contributed by atoms with E-state index in [0.29, 0.717) is 30.4 Å². The number of aliphatic hydroxyl groups excluding tert-OH is 2. The third-order valence-electron chi connectivity index (χ3n) is 7.46. The zero-order chi connectivity index (χ0) is 26.8. The first kappa shape index (κ1) is 25.9. The summed E-state index contributed by atoms with van der Waals surface area (Å²) < 4.78 is 0. The van der Waals surface area contributed by atoms with Crippen molar-refractivity contribution in [1.29, 1.82) is 0 Å². The monoisotopic (exact) mass is 547 g/mol. The van der Waals surface area contributed by atoms with Crippen LogP contribution in [0.1, 0.15) is 30.7 Å². The van der Waals surface area contributed by atoms with Crippen molar-refractivity contribution in [2.45, 2.75) is 36.4 Å². The first-order chi connectivity index (χ1) is 19.0. The number of ketones is 1. The van der Waals surface area contributed by atoms with Gasteiger partial charge in [-0.3, -0.25) is 14.8 Å². The maximum absolute atomic E-state index is 13.4. The van der Waals surface area contributed by atoms with Crippen LogP contribution in [0.15, 0.2) is 70.2 Å². The molecule has 1 saturated heterocycles. The Morgan fingerprint density at radius 3 is 2.82 bits per heavy atom. The number of nitrogens with one attached hydrogen (secondary N) is 3. The predicted octanol–water partition coefficient (Wildman–Crippen LogP) is 3.53. The minimum Gasteiger partial charge on any atom is -0.502 e. The van der Waals surface area contributed by atoms with Gasteiger partial charge >= 0.3 is 0 Å². The van der Waals surface area contributed by atoms with Crippen LogP contribution in [0.25, 0.3) is 11.0 Å². The number of Topliss-reactive ketones (excluding diaryl/α,β-unsaturated/α-hetero) is 1. The molecule has 1 aromatic carbocycles. The zero-order valence-electron chi connectivity index (χ0n) is 21.6. The van der Waals surface area contributed by atoms with Gasteiger partial charge < -0.3 is 25.4 Å². The Balaban J connectivity index is 1.15. The summed E-state index contributed by atoms with van der Waals surface area (Å²) in [5.74, 6) is 0.500. The Kier molecular flexibility index (Phi) is 7.55. The summed E-state index contributed by atoms with van der Waals surface area (Å²) in [7, 11) is 0. The second kappa shape index (κ2) is 11.4. The van der Waals surface area contributed by atoms with Crippen LogP contribution >= 0.6 is 11.8 Å². The molecule has 3 aromatic rings. The van der Waals surface area contributed by atoms with Crippen molar-refractivity contribution in [3.8, 4) is 0 Å². The molecule has 0 spiro atoms. The fraction of sp³-hybridized carbons (Fsp3) is 0.393. The van der Waals surface area contributed by atoms with Gasteiger partial charge in [0.1, 0.15) is 5.82 Å². The van der Waals surface area contributed by atoms with Crippen molar-refractivity contribution in [2.75, 3.05) is 44.6 Å². The third kappa shape index (κ3) is 5.81. The first-order valence-electron chi connectivity index (χ1n) is 13.4. The summed E-state index contributed by atoms with van der Waals surface area (Å²) in [6.45, 7) is 3.96. The number of anilines is 1. The Labute approximate surface area is 230 Å². The molecular formula is C28H33N7O3S. The highest BCUT2D eigenvalue weighted by atomic mass is 32.2. The molecule has 11 heteroatoms. The molecule has 0 bridgehead atoms.